The Morgan fingerprint density at radius 2 is 2.00 bits per heavy atom. The normalized spacial score (nSPS) is 11.7. The molecule has 0 saturated carbocycles. The van der Waals surface area contributed by atoms with Crippen LogP contribution in [0.5, 0.6) is 17.4 Å². The average molecular weight is 345 g/mol. The Balaban J connectivity index is 1.94. The smallest absolute Gasteiger partial charge is 0.319 e. The van der Waals surface area contributed by atoms with E-state index in [0.29, 0.717) is 23.1 Å². The summed E-state index contributed by atoms with van der Waals surface area (Å²) in [6, 6.07) is 9.84. The number of nitrogens with one attached hydrogen (secondary N) is 2. The summed E-state index contributed by atoms with van der Waals surface area (Å²) < 4.78 is 10.8. The zero-order valence-electron chi connectivity index (χ0n) is 14.5. The Morgan fingerprint density at radius 3 is 2.60 bits per heavy atom. The van der Waals surface area contributed by atoms with Crippen molar-refractivity contribution in [2.75, 3.05) is 19.0 Å². The number of rotatable bonds is 7. The molecule has 0 bridgehead atoms. The number of ether oxygens (including phenoxy) is 2. The molecule has 0 radical (unpaired) electrons. The number of anilines is 1. The van der Waals surface area contributed by atoms with Crippen molar-refractivity contribution < 1.29 is 19.4 Å². The highest BCUT2D eigenvalue weighted by atomic mass is 16.5. The third-order valence-electron chi connectivity index (χ3n) is 3.58. The average Bonchev–Trinajstić information content (AvgIpc) is 2.61. The van der Waals surface area contributed by atoms with Gasteiger partial charge in [0.1, 0.15) is 11.5 Å². The molecule has 25 heavy (non-hydrogen) atoms. The third kappa shape index (κ3) is 5.65. The second kappa shape index (κ2) is 8.89. The summed E-state index contributed by atoms with van der Waals surface area (Å²) in [5, 5.41) is 14.6. The van der Waals surface area contributed by atoms with Gasteiger partial charge in [0.2, 0.25) is 5.88 Å². The lowest BCUT2D eigenvalue weighted by atomic mass is 10.1. The zero-order chi connectivity index (χ0) is 18.2. The van der Waals surface area contributed by atoms with Crippen LogP contribution in [0, 0.1) is 5.92 Å². The Bertz CT molecular complexity index is 689. The quantitative estimate of drug-likeness (QED) is 0.717. The van der Waals surface area contributed by atoms with Crippen molar-refractivity contribution in [1.82, 2.24) is 10.3 Å². The molecule has 0 aliphatic rings. The summed E-state index contributed by atoms with van der Waals surface area (Å²) in [6.07, 6.45) is 1.50. The molecule has 1 atom stereocenters. The monoisotopic (exact) mass is 345 g/mol. The predicted octanol–water partition coefficient (Wildman–Crippen LogP) is 3.02. The zero-order valence-corrected chi connectivity index (χ0v) is 14.5. The highest BCUT2D eigenvalue weighted by Crippen LogP contribution is 2.24. The first-order valence-corrected chi connectivity index (χ1v) is 7.98. The van der Waals surface area contributed by atoms with E-state index in [9.17, 15) is 9.90 Å². The van der Waals surface area contributed by atoms with Gasteiger partial charge in [-0.1, -0.05) is 19.9 Å². The Hall–Kier alpha value is -2.80. The largest absolute Gasteiger partial charge is 0.497 e. The number of carbonyl (C=O) groups excluding carboxylic acids is 1. The first-order valence-electron chi connectivity index (χ1n) is 7.98. The van der Waals surface area contributed by atoms with Crippen LogP contribution in [0.1, 0.15) is 13.8 Å². The van der Waals surface area contributed by atoms with Crippen LogP contribution in [0.15, 0.2) is 42.6 Å². The van der Waals surface area contributed by atoms with Gasteiger partial charge in [-0.05, 0) is 24.1 Å². The lowest BCUT2D eigenvalue weighted by Crippen LogP contribution is -2.43. The van der Waals surface area contributed by atoms with Gasteiger partial charge in [-0.3, -0.25) is 0 Å². The molecule has 0 aliphatic heterocycles. The van der Waals surface area contributed by atoms with Gasteiger partial charge in [0.25, 0.3) is 0 Å². The Kier molecular flexibility index (Phi) is 6.59. The summed E-state index contributed by atoms with van der Waals surface area (Å²) in [4.78, 5) is 16.1. The van der Waals surface area contributed by atoms with Crippen LogP contribution >= 0.6 is 0 Å². The van der Waals surface area contributed by atoms with E-state index >= 15 is 0 Å². The van der Waals surface area contributed by atoms with Crippen molar-refractivity contribution in [1.29, 1.82) is 0 Å². The molecule has 1 heterocycles. The number of hydrogen-bond donors (Lipinski definition) is 3. The molecule has 0 fully saturated rings. The molecule has 7 heteroatoms. The van der Waals surface area contributed by atoms with Crippen LogP contribution in [0.3, 0.4) is 0 Å². The fourth-order valence-corrected chi connectivity index (χ4v) is 2.06. The number of benzene rings is 1. The van der Waals surface area contributed by atoms with Gasteiger partial charge in [-0.15, -0.1) is 0 Å². The maximum atomic E-state index is 11.9. The molecular formula is C18H23N3O4. The molecular weight excluding hydrogens is 322 g/mol. The number of urea groups is 1. The second-order valence-corrected chi connectivity index (χ2v) is 5.80. The van der Waals surface area contributed by atoms with Gasteiger partial charge in [-0.2, -0.15) is 0 Å². The van der Waals surface area contributed by atoms with E-state index in [1.54, 1.807) is 31.4 Å². The van der Waals surface area contributed by atoms with Crippen molar-refractivity contribution in [3.63, 3.8) is 0 Å². The second-order valence-electron chi connectivity index (χ2n) is 5.80. The maximum Gasteiger partial charge on any atom is 0.319 e. The fourth-order valence-electron chi connectivity index (χ4n) is 2.06. The van der Waals surface area contributed by atoms with Gasteiger partial charge in [0.15, 0.2) is 0 Å². The first-order chi connectivity index (χ1) is 12.0. The number of carbonyl (C=O) groups is 1. The summed E-state index contributed by atoms with van der Waals surface area (Å²) in [7, 11) is 1.59. The van der Waals surface area contributed by atoms with Gasteiger partial charge in [-0.25, -0.2) is 9.78 Å². The van der Waals surface area contributed by atoms with Crippen molar-refractivity contribution in [3.8, 4) is 17.4 Å². The van der Waals surface area contributed by atoms with Crippen molar-refractivity contribution >= 4 is 11.7 Å². The van der Waals surface area contributed by atoms with Crippen molar-refractivity contribution in [3.05, 3.63) is 42.6 Å². The molecule has 0 unspecified atom stereocenters. The van der Waals surface area contributed by atoms with E-state index in [4.69, 9.17) is 9.47 Å². The lowest BCUT2D eigenvalue weighted by Gasteiger charge is -2.20. The highest BCUT2D eigenvalue weighted by Gasteiger charge is 2.15. The highest BCUT2D eigenvalue weighted by molar-refractivity contribution is 5.89. The van der Waals surface area contributed by atoms with Crippen LogP contribution < -0.4 is 20.1 Å². The molecule has 2 amide bonds. The molecule has 0 saturated heterocycles. The topological polar surface area (TPSA) is 92.7 Å². The summed E-state index contributed by atoms with van der Waals surface area (Å²) in [5.41, 5.74) is 0.524. The van der Waals surface area contributed by atoms with Gasteiger partial charge in [0, 0.05) is 12.1 Å². The minimum atomic E-state index is -0.393. The molecule has 0 spiro atoms. The number of aromatic nitrogens is 1. The molecule has 134 valence electrons. The van der Waals surface area contributed by atoms with Gasteiger partial charge < -0.3 is 25.2 Å². The van der Waals surface area contributed by atoms with E-state index in [1.165, 1.54) is 6.20 Å². The number of nitrogens with zero attached hydrogens (tertiary/aromatic N) is 1. The molecule has 3 N–H and O–H groups in total. The fraction of sp³-hybridized carbons (Fsp3) is 0.333. The van der Waals surface area contributed by atoms with Crippen molar-refractivity contribution in [2.45, 2.75) is 19.9 Å². The van der Waals surface area contributed by atoms with Crippen LogP contribution in [-0.4, -0.2) is 35.9 Å². The summed E-state index contributed by atoms with van der Waals surface area (Å²) in [6.45, 7) is 3.73. The van der Waals surface area contributed by atoms with E-state index in [2.05, 4.69) is 15.6 Å². The number of pyridine rings is 1. The third-order valence-corrected chi connectivity index (χ3v) is 3.58. The number of amides is 2. The minimum absolute atomic E-state index is 0.114. The van der Waals surface area contributed by atoms with E-state index in [0.717, 1.165) is 0 Å². The number of methoxy groups -OCH3 is 1. The Morgan fingerprint density at radius 1 is 1.24 bits per heavy atom. The number of aliphatic hydroxyl groups is 1. The number of aliphatic hydroxyl groups excluding tert-OH is 1. The molecule has 2 aromatic rings. The summed E-state index contributed by atoms with van der Waals surface area (Å²) in [5.74, 6) is 1.83. The van der Waals surface area contributed by atoms with Crippen LogP contribution in [0.2, 0.25) is 0 Å². The molecule has 0 aliphatic carbocycles. The molecule has 1 aromatic heterocycles. The standard InChI is InChI=1S/C18H23N3O4/c1-12(2)16(11-22)21-18(23)20-13-7-8-17(19-10-13)25-15-6-4-5-14(9-15)24-3/h4-10,12,16,22H,11H2,1-3H3,(H2,20,21,23)/t16-/m0/s1. The lowest BCUT2D eigenvalue weighted by molar-refractivity contribution is 0.204. The van der Waals surface area contributed by atoms with E-state index in [1.807, 2.05) is 26.0 Å². The summed E-state index contributed by atoms with van der Waals surface area (Å²) >= 11 is 0. The van der Waals surface area contributed by atoms with Crippen LogP contribution in [-0.2, 0) is 0 Å². The predicted molar refractivity (Wildman–Crippen MR) is 95.2 cm³/mol. The molecule has 2 rings (SSSR count). The van der Waals surface area contributed by atoms with Gasteiger partial charge >= 0.3 is 6.03 Å². The van der Waals surface area contributed by atoms with Crippen LogP contribution in [0.4, 0.5) is 10.5 Å². The van der Waals surface area contributed by atoms with E-state index in [-0.39, 0.29) is 18.6 Å². The Labute approximate surface area is 147 Å². The first kappa shape index (κ1) is 18.5. The number of hydrogen-bond acceptors (Lipinski definition) is 5. The molecule has 7 nitrogen and oxygen atoms in total. The van der Waals surface area contributed by atoms with E-state index < -0.39 is 6.03 Å². The molecule has 1 aromatic carbocycles. The van der Waals surface area contributed by atoms with Gasteiger partial charge in [0.05, 0.1) is 31.6 Å². The van der Waals surface area contributed by atoms with Crippen molar-refractivity contribution in [2.24, 2.45) is 5.92 Å². The SMILES string of the molecule is COc1cccc(Oc2ccc(NC(=O)N[C@@H](CO)C(C)C)cn2)c1. The van der Waals surface area contributed by atoms with Crippen LogP contribution in [0.25, 0.3) is 0 Å². The maximum absolute atomic E-state index is 11.9. The minimum Gasteiger partial charge on any atom is -0.497 e.